The molecule has 3 aromatic carbocycles. The van der Waals surface area contributed by atoms with Crippen LogP contribution in [0, 0.1) is 0 Å². The third-order valence-electron chi connectivity index (χ3n) is 6.07. The monoisotopic (exact) mass is 429 g/mol. The summed E-state index contributed by atoms with van der Waals surface area (Å²) >= 11 is 0. The highest BCUT2D eigenvalue weighted by Crippen LogP contribution is 2.40. The molecule has 6 aromatic rings. The van der Waals surface area contributed by atoms with Gasteiger partial charge in [0.05, 0.1) is 5.69 Å². The van der Waals surface area contributed by atoms with E-state index in [0.717, 1.165) is 68.2 Å². The molecule has 0 saturated carbocycles. The van der Waals surface area contributed by atoms with Gasteiger partial charge < -0.3 is 14.2 Å². The Labute approximate surface area is 189 Å². The van der Waals surface area contributed by atoms with Crippen molar-refractivity contribution >= 4 is 62.0 Å². The first-order valence-electron chi connectivity index (χ1n) is 11.0. The Morgan fingerprint density at radius 1 is 0.727 bits per heavy atom. The summed E-state index contributed by atoms with van der Waals surface area (Å²) in [6.07, 6.45) is 4.09. The molecule has 0 saturated heterocycles. The minimum atomic E-state index is 0.781. The molecule has 0 radical (unpaired) electrons. The van der Waals surface area contributed by atoms with Crippen LogP contribution in [0.1, 0.15) is 5.76 Å². The lowest BCUT2D eigenvalue weighted by Crippen LogP contribution is -2.11. The van der Waals surface area contributed by atoms with Crippen molar-refractivity contribution in [2.24, 2.45) is 0 Å². The normalized spacial score (nSPS) is 12.8. The van der Waals surface area contributed by atoms with E-state index in [1.54, 1.807) is 0 Å². The summed E-state index contributed by atoms with van der Waals surface area (Å²) in [6.45, 7) is 0.792. The second-order valence-corrected chi connectivity index (χ2v) is 8.09. The molecule has 1 aliphatic rings. The lowest BCUT2D eigenvalue weighted by molar-refractivity contribution is 0.604. The average molecular weight is 429 g/mol. The average Bonchev–Trinajstić information content (AvgIpc) is 3.43. The van der Waals surface area contributed by atoms with Crippen molar-refractivity contribution in [2.75, 3.05) is 16.8 Å². The molecule has 0 aliphatic carbocycles. The van der Waals surface area contributed by atoms with E-state index in [1.807, 2.05) is 66.7 Å². The van der Waals surface area contributed by atoms with E-state index in [2.05, 4.69) is 40.6 Å². The van der Waals surface area contributed by atoms with Gasteiger partial charge in [0.1, 0.15) is 22.5 Å². The number of anilines is 4. The Morgan fingerprint density at radius 3 is 2.48 bits per heavy atom. The first-order chi connectivity index (χ1) is 16.3. The second kappa shape index (κ2) is 7.00. The Bertz CT molecular complexity index is 1680. The minimum Gasteiger partial charge on any atom is -0.454 e. The number of nitrogens with zero attached hydrogens (tertiary/aromatic N) is 2. The highest BCUT2D eigenvalue weighted by atomic mass is 16.3. The number of hydrogen-bond donors (Lipinski definition) is 1. The number of hydrogen-bond acceptors (Lipinski definition) is 5. The molecule has 4 heterocycles. The summed E-state index contributed by atoms with van der Waals surface area (Å²) < 4.78 is 12.0. The number of aromatic nitrogens is 1. The first kappa shape index (κ1) is 18.1. The van der Waals surface area contributed by atoms with Gasteiger partial charge in [0.15, 0.2) is 11.3 Å². The van der Waals surface area contributed by atoms with Crippen molar-refractivity contribution in [3.63, 3.8) is 0 Å². The maximum Gasteiger partial charge on any atom is 0.154 e. The zero-order valence-electron chi connectivity index (χ0n) is 17.7. The molecule has 0 unspecified atom stereocenters. The molecule has 0 amide bonds. The van der Waals surface area contributed by atoms with Gasteiger partial charge in [-0.15, -0.1) is 0 Å². The number of furan rings is 2. The Kier molecular flexibility index (Phi) is 3.84. The molecule has 158 valence electrons. The lowest BCUT2D eigenvalue weighted by Gasteiger charge is -2.24. The van der Waals surface area contributed by atoms with E-state index < -0.39 is 0 Å². The van der Waals surface area contributed by atoms with Crippen LogP contribution in [0.2, 0.25) is 0 Å². The fraction of sp³-hybridized carbons (Fsp3) is 0.0357. The molecular weight excluding hydrogens is 410 g/mol. The number of pyridine rings is 1. The minimum absolute atomic E-state index is 0.781. The Hall–Kier alpha value is -4.51. The molecule has 0 bridgehead atoms. The number of benzene rings is 3. The van der Waals surface area contributed by atoms with Crippen LogP contribution in [-0.4, -0.2) is 11.5 Å². The topological polar surface area (TPSA) is 54.4 Å². The van der Waals surface area contributed by atoms with Crippen LogP contribution in [0.25, 0.3) is 39.1 Å². The van der Waals surface area contributed by atoms with Crippen molar-refractivity contribution < 1.29 is 8.83 Å². The zero-order valence-corrected chi connectivity index (χ0v) is 17.7. The van der Waals surface area contributed by atoms with Crippen LogP contribution in [0.4, 0.5) is 22.9 Å². The standard InChI is InChI=1S/C28H19N3O2/c1-2-7-18(8-3-1)31(19-12-13-23-21(17-19)27-24(33-23)11-6-16-29-27)26-15-14-25-28(30-26)20-9-4-5-10-22(20)32-25/h1-15,17,29H,16H2. The maximum absolute atomic E-state index is 6.04. The molecule has 0 spiro atoms. The van der Waals surface area contributed by atoms with Crippen LogP contribution in [0.15, 0.2) is 99.8 Å². The number of fused-ring (bicyclic) bond motifs is 6. The molecule has 1 N–H and O–H groups in total. The molecule has 3 aromatic heterocycles. The van der Waals surface area contributed by atoms with E-state index in [9.17, 15) is 0 Å². The highest BCUT2D eigenvalue weighted by Gasteiger charge is 2.20. The summed E-state index contributed by atoms with van der Waals surface area (Å²) in [7, 11) is 0. The molecule has 33 heavy (non-hydrogen) atoms. The van der Waals surface area contributed by atoms with Crippen molar-refractivity contribution in [2.45, 2.75) is 0 Å². The molecular formula is C28H19N3O2. The predicted molar refractivity (Wildman–Crippen MR) is 133 cm³/mol. The second-order valence-electron chi connectivity index (χ2n) is 8.09. The quantitative estimate of drug-likeness (QED) is 0.313. The third-order valence-corrected chi connectivity index (χ3v) is 6.07. The number of para-hydroxylation sites is 2. The number of rotatable bonds is 3. The summed E-state index contributed by atoms with van der Waals surface area (Å²) in [5.41, 5.74) is 6.41. The molecule has 5 nitrogen and oxygen atoms in total. The third kappa shape index (κ3) is 2.83. The number of nitrogens with one attached hydrogen (secondary N) is 1. The Morgan fingerprint density at radius 2 is 1.55 bits per heavy atom. The predicted octanol–water partition coefficient (Wildman–Crippen LogP) is 7.64. The van der Waals surface area contributed by atoms with E-state index >= 15 is 0 Å². The van der Waals surface area contributed by atoms with E-state index in [-0.39, 0.29) is 0 Å². The van der Waals surface area contributed by atoms with E-state index in [1.165, 1.54) is 0 Å². The van der Waals surface area contributed by atoms with Crippen LogP contribution in [0.5, 0.6) is 0 Å². The van der Waals surface area contributed by atoms with E-state index in [0.29, 0.717) is 0 Å². The SMILES string of the molecule is C1=Cc2oc3ccc(N(c4ccccc4)c4ccc5oc6ccccc6c5n4)cc3c2NC1. The highest BCUT2D eigenvalue weighted by molar-refractivity contribution is 6.03. The van der Waals surface area contributed by atoms with Gasteiger partial charge in [-0.3, -0.25) is 4.90 Å². The lowest BCUT2D eigenvalue weighted by atomic mass is 10.1. The van der Waals surface area contributed by atoms with Crippen LogP contribution in [-0.2, 0) is 0 Å². The van der Waals surface area contributed by atoms with Gasteiger partial charge in [0.25, 0.3) is 0 Å². The maximum atomic E-state index is 6.04. The van der Waals surface area contributed by atoms with Crippen LogP contribution >= 0.6 is 0 Å². The van der Waals surface area contributed by atoms with Crippen molar-refractivity contribution in [1.29, 1.82) is 0 Å². The Balaban J connectivity index is 1.46. The van der Waals surface area contributed by atoms with Gasteiger partial charge in [0.2, 0.25) is 0 Å². The largest absolute Gasteiger partial charge is 0.454 e. The van der Waals surface area contributed by atoms with Gasteiger partial charge in [-0.2, -0.15) is 0 Å². The summed E-state index contributed by atoms with van der Waals surface area (Å²) in [4.78, 5) is 7.22. The van der Waals surface area contributed by atoms with Crippen molar-refractivity contribution in [3.05, 3.63) is 96.8 Å². The summed E-state index contributed by atoms with van der Waals surface area (Å²) in [5, 5.41) is 5.51. The summed E-state index contributed by atoms with van der Waals surface area (Å²) in [6, 6.07) is 28.6. The fourth-order valence-corrected chi connectivity index (χ4v) is 4.57. The molecule has 5 heteroatoms. The molecule has 0 atom stereocenters. The van der Waals surface area contributed by atoms with Gasteiger partial charge in [-0.05, 0) is 60.7 Å². The smallest absolute Gasteiger partial charge is 0.154 e. The fourth-order valence-electron chi connectivity index (χ4n) is 4.57. The van der Waals surface area contributed by atoms with Crippen molar-refractivity contribution in [3.8, 4) is 0 Å². The van der Waals surface area contributed by atoms with Crippen LogP contribution < -0.4 is 10.2 Å². The first-order valence-corrected chi connectivity index (χ1v) is 11.0. The summed E-state index contributed by atoms with van der Waals surface area (Å²) in [5.74, 6) is 1.69. The molecule has 7 rings (SSSR count). The van der Waals surface area contributed by atoms with Gasteiger partial charge >= 0.3 is 0 Å². The van der Waals surface area contributed by atoms with Gasteiger partial charge in [0, 0.05) is 28.7 Å². The molecule has 1 aliphatic heterocycles. The zero-order chi connectivity index (χ0) is 21.8. The van der Waals surface area contributed by atoms with Gasteiger partial charge in [-0.1, -0.05) is 36.4 Å². The van der Waals surface area contributed by atoms with Crippen molar-refractivity contribution in [1.82, 2.24) is 4.98 Å². The van der Waals surface area contributed by atoms with Crippen LogP contribution in [0.3, 0.4) is 0 Å². The van der Waals surface area contributed by atoms with E-state index in [4.69, 9.17) is 13.8 Å². The molecule has 0 fully saturated rings. The van der Waals surface area contributed by atoms with Gasteiger partial charge in [-0.25, -0.2) is 4.98 Å².